The van der Waals surface area contributed by atoms with Crippen LogP contribution in [-0.4, -0.2) is 49.1 Å². The summed E-state index contributed by atoms with van der Waals surface area (Å²) < 4.78 is 0. The molecule has 0 radical (unpaired) electrons. The smallest absolute Gasteiger partial charge is 0.223 e. The Hall–Kier alpha value is -0.0300. The average Bonchev–Trinajstić information content (AvgIpc) is 3.37. The summed E-state index contributed by atoms with van der Waals surface area (Å²) >= 11 is 0. The lowest BCUT2D eigenvalue weighted by Gasteiger charge is -2.32. The topological polar surface area (TPSA) is 44.4 Å². The van der Waals surface area contributed by atoms with Gasteiger partial charge in [-0.2, -0.15) is 0 Å². The van der Waals surface area contributed by atoms with Crippen LogP contribution in [0.15, 0.2) is 0 Å². The van der Waals surface area contributed by atoms with E-state index in [1.165, 1.54) is 38.8 Å². The third-order valence-electron chi connectivity index (χ3n) is 6.04. The van der Waals surface area contributed by atoms with Crippen molar-refractivity contribution in [1.82, 2.24) is 15.5 Å². The normalized spacial score (nSPS) is 31.0. The number of amides is 1. The molecule has 4 rings (SSSR count). The highest BCUT2D eigenvalue weighted by Gasteiger charge is 2.57. The van der Waals surface area contributed by atoms with E-state index in [0.717, 1.165) is 38.4 Å². The summed E-state index contributed by atoms with van der Waals surface area (Å²) in [5.41, 5.74) is 0.379. The molecular formula is C16H29Cl2N3O. The van der Waals surface area contributed by atoms with Crippen LogP contribution in [0.4, 0.5) is 0 Å². The Bertz CT molecular complexity index is 389. The molecule has 1 spiro atoms. The second kappa shape index (κ2) is 7.25. The summed E-state index contributed by atoms with van der Waals surface area (Å²) in [6, 6.07) is 1.32. The first-order chi connectivity index (χ1) is 9.77. The minimum Gasteiger partial charge on any atom is -0.353 e. The van der Waals surface area contributed by atoms with E-state index in [-0.39, 0.29) is 24.8 Å². The molecule has 4 fully saturated rings. The quantitative estimate of drug-likeness (QED) is 0.818. The third kappa shape index (κ3) is 3.72. The van der Waals surface area contributed by atoms with E-state index in [0.29, 0.717) is 23.3 Å². The zero-order valence-corrected chi connectivity index (χ0v) is 14.8. The molecule has 1 amide bonds. The predicted octanol–water partition coefficient (Wildman–Crippen LogP) is 1.96. The molecule has 0 aromatic rings. The minimum absolute atomic E-state index is 0. The zero-order valence-electron chi connectivity index (χ0n) is 13.2. The molecule has 128 valence electrons. The second-order valence-corrected chi connectivity index (χ2v) is 7.42. The van der Waals surface area contributed by atoms with E-state index in [2.05, 4.69) is 15.5 Å². The molecule has 2 N–H and O–H groups in total. The fourth-order valence-corrected chi connectivity index (χ4v) is 4.35. The van der Waals surface area contributed by atoms with Gasteiger partial charge in [0.05, 0.1) is 0 Å². The van der Waals surface area contributed by atoms with Crippen LogP contribution in [0.5, 0.6) is 0 Å². The summed E-state index contributed by atoms with van der Waals surface area (Å²) in [4.78, 5) is 15.0. The molecule has 2 saturated carbocycles. The number of rotatable bonds is 3. The van der Waals surface area contributed by atoms with Gasteiger partial charge in [0.2, 0.25) is 5.91 Å². The Morgan fingerprint density at radius 1 is 1.05 bits per heavy atom. The van der Waals surface area contributed by atoms with Crippen LogP contribution < -0.4 is 10.6 Å². The van der Waals surface area contributed by atoms with Gasteiger partial charge in [-0.25, -0.2) is 0 Å². The van der Waals surface area contributed by atoms with E-state index in [1.54, 1.807) is 0 Å². The molecule has 2 saturated heterocycles. The van der Waals surface area contributed by atoms with Crippen molar-refractivity contribution < 1.29 is 4.79 Å². The van der Waals surface area contributed by atoms with Crippen LogP contribution >= 0.6 is 24.8 Å². The monoisotopic (exact) mass is 349 g/mol. The zero-order chi connectivity index (χ0) is 13.6. The van der Waals surface area contributed by atoms with Crippen LogP contribution in [0.2, 0.25) is 0 Å². The molecule has 22 heavy (non-hydrogen) atoms. The van der Waals surface area contributed by atoms with Gasteiger partial charge in [0.25, 0.3) is 0 Å². The molecule has 2 aliphatic carbocycles. The molecule has 6 heteroatoms. The third-order valence-corrected chi connectivity index (χ3v) is 6.04. The van der Waals surface area contributed by atoms with Crippen molar-refractivity contribution in [3.63, 3.8) is 0 Å². The van der Waals surface area contributed by atoms with E-state index in [9.17, 15) is 4.79 Å². The van der Waals surface area contributed by atoms with Gasteiger partial charge in [-0.1, -0.05) is 0 Å². The standard InChI is InChI=1S/C16H27N3O.2ClH/c20-15(14-11-16(14)5-7-17-8-6-16)18-12-3-9-19(10-4-12)13-1-2-13;;/h12-14,17H,1-11H2,(H,18,20);2*1H. The van der Waals surface area contributed by atoms with Gasteiger partial charge >= 0.3 is 0 Å². The highest BCUT2D eigenvalue weighted by Crippen LogP contribution is 2.58. The summed E-state index contributed by atoms with van der Waals surface area (Å²) in [6.07, 6.45) is 8.65. The van der Waals surface area contributed by atoms with Crippen molar-refractivity contribution in [3.05, 3.63) is 0 Å². The second-order valence-electron chi connectivity index (χ2n) is 7.42. The van der Waals surface area contributed by atoms with Crippen molar-refractivity contribution in [1.29, 1.82) is 0 Å². The summed E-state index contributed by atoms with van der Waals surface area (Å²) in [5.74, 6) is 0.683. The first-order valence-corrected chi connectivity index (χ1v) is 8.52. The number of likely N-dealkylation sites (tertiary alicyclic amines) is 1. The fourth-order valence-electron chi connectivity index (χ4n) is 4.35. The predicted molar refractivity (Wildman–Crippen MR) is 92.9 cm³/mol. The molecule has 2 aliphatic heterocycles. The van der Waals surface area contributed by atoms with E-state index < -0.39 is 0 Å². The summed E-state index contributed by atoms with van der Waals surface area (Å²) in [7, 11) is 0. The maximum Gasteiger partial charge on any atom is 0.223 e. The molecular weight excluding hydrogens is 321 g/mol. The van der Waals surface area contributed by atoms with Crippen molar-refractivity contribution in [2.24, 2.45) is 11.3 Å². The highest BCUT2D eigenvalue weighted by atomic mass is 35.5. The van der Waals surface area contributed by atoms with Gasteiger partial charge in [-0.05, 0) is 63.5 Å². The lowest BCUT2D eigenvalue weighted by molar-refractivity contribution is -0.124. The van der Waals surface area contributed by atoms with Crippen molar-refractivity contribution >= 4 is 30.7 Å². The Morgan fingerprint density at radius 3 is 2.27 bits per heavy atom. The van der Waals surface area contributed by atoms with Gasteiger partial charge in [-0.3, -0.25) is 4.79 Å². The van der Waals surface area contributed by atoms with Gasteiger partial charge in [0.1, 0.15) is 0 Å². The van der Waals surface area contributed by atoms with E-state index in [4.69, 9.17) is 0 Å². The molecule has 0 aromatic heterocycles. The Kier molecular flexibility index (Phi) is 6.03. The van der Waals surface area contributed by atoms with Crippen molar-refractivity contribution in [2.75, 3.05) is 26.2 Å². The molecule has 1 unspecified atom stereocenters. The van der Waals surface area contributed by atoms with Crippen LogP contribution in [0.1, 0.15) is 44.9 Å². The molecule has 2 heterocycles. The number of nitrogens with zero attached hydrogens (tertiary/aromatic N) is 1. The SMILES string of the molecule is Cl.Cl.O=C(NC1CCN(C2CC2)CC1)C1CC12CCNCC2. The number of carbonyl (C=O) groups excluding carboxylic acids is 1. The number of hydrogen-bond acceptors (Lipinski definition) is 3. The van der Waals surface area contributed by atoms with E-state index in [1.807, 2.05) is 0 Å². The first-order valence-electron chi connectivity index (χ1n) is 8.52. The first kappa shape index (κ1) is 18.3. The Balaban J connectivity index is 0.000000882. The summed E-state index contributed by atoms with van der Waals surface area (Å²) in [6.45, 7) is 4.58. The average molecular weight is 350 g/mol. The molecule has 4 aliphatic rings. The number of halogens is 2. The summed E-state index contributed by atoms with van der Waals surface area (Å²) in [5, 5.41) is 6.75. The number of carbonyl (C=O) groups is 1. The minimum atomic E-state index is 0. The van der Waals surface area contributed by atoms with Crippen LogP contribution in [0, 0.1) is 11.3 Å². The molecule has 1 atom stereocenters. The number of nitrogens with one attached hydrogen (secondary N) is 2. The number of hydrogen-bond donors (Lipinski definition) is 2. The maximum atomic E-state index is 12.4. The molecule has 4 nitrogen and oxygen atoms in total. The van der Waals surface area contributed by atoms with Gasteiger partial charge < -0.3 is 15.5 Å². The lowest BCUT2D eigenvalue weighted by Crippen LogP contribution is -2.46. The van der Waals surface area contributed by atoms with Crippen LogP contribution in [0.25, 0.3) is 0 Å². The number of piperidine rings is 2. The highest BCUT2D eigenvalue weighted by molar-refractivity contribution is 5.85. The van der Waals surface area contributed by atoms with Crippen LogP contribution in [0.3, 0.4) is 0 Å². The van der Waals surface area contributed by atoms with Crippen LogP contribution in [-0.2, 0) is 4.79 Å². The molecule has 0 bridgehead atoms. The lowest BCUT2D eigenvalue weighted by atomic mass is 9.91. The fraction of sp³-hybridized carbons (Fsp3) is 0.938. The Morgan fingerprint density at radius 2 is 1.68 bits per heavy atom. The van der Waals surface area contributed by atoms with E-state index >= 15 is 0 Å². The van der Waals surface area contributed by atoms with Gasteiger partial charge in [0.15, 0.2) is 0 Å². The van der Waals surface area contributed by atoms with Gasteiger partial charge in [-0.15, -0.1) is 24.8 Å². The Labute approximate surface area is 146 Å². The van der Waals surface area contributed by atoms with Crippen molar-refractivity contribution in [3.8, 4) is 0 Å². The maximum absolute atomic E-state index is 12.4. The van der Waals surface area contributed by atoms with Gasteiger partial charge in [0, 0.05) is 31.1 Å². The largest absolute Gasteiger partial charge is 0.353 e. The van der Waals surface area contributed by atoms with Crippen molar-refractivity contribution in [2.45, 2.75) is 57.0 Å². The molecule has 0 aromatic carbocycles.